The van der Waals surface area contributed by atoms with Gasteiger partial charge >= 0.3 is 6.09 Å². The van der Waals surface area contributed by atoms with Crippen LogP contribution in [0.4, 0.5) is 9.18 Å². The molecule has 4 nitrogen and oxygen atoms in total. The van der Waals surface area contributed by atoms with Gasteiger partial charge < -0.3 is 9.47 Å². The topological polar surface area (TPSA) is 38.8 Å². The molecule has 2 atom stereocenters. The molecule has 1 rings (SSSR count). The minimum atomic E-state index is -1.26. The summed E-state index contributed by atoms with van der Waals surface area (Å²) in [5.41, 5.74) is -1.50. The van der Waals surface area contributed by atoms with Crippen molar-refractivity contribution in [1.29, 1.82) is 0 Å². The summed E-state index contributed by atoms with van der Waals surface area (Å²) in [4.78, 5) is 14.0. The molecular weight excluding hydrogens is 393 g/mol. The van der Waals surface area contributed by atoms with Crippen molar-refractivity contribution in [2.75, 3.05) is 6.61 Å². The van der Waals surface area contributed by atoms with Crippen LogP contribution < -0.4 is 0 Å². The van der Waals surface area contributed by atoms with Crippen molar-refractivity contribution in [3.05, 3.63) is 12.2 Å². The number of hydrogen-bond donors (Lipinski definition) is 0. The quantitative estimate of drug-likeness (QED) is 0.203. The lowest BCUT2D eigenvalue weighted by atomic mass is 10.0. The Hall–Kier alpha value is -1.10. The van der Waals surface area contributed by atoms with Crippen LogP contribution in [-0.2, 0) is 9.47 Å². The van der Waals surface area contributed by atoms with Crippen LogP contribution in [0.2, 0.25) is 0 Å². The monoisotopic (exact) mass is 441 g/mol. The van der Waals surface area contributed by atoms with Gasteiger partial charge in [-0.05, 0) is 47.5 Å². The molecule has 1 aliphatic rings. The van der Waals surface area contributed by atoms with Gasteiger partial charge in [0, 0.05) is 0 Å². The molecule has 0 aromatic rings. The second kappa shape index (κ2) is 14.1. The molecule has 182 valence electrons. The standard InChI is InChI=1S/C26H48FNO3/c1-7-8-9-10-11-12-13-14-15-16-17-18-19-20-22(27)23-21-30-26(5,6)28(23)24(29)31-25(2,3)4/h19-20,22-23H,7-18,21H2,1-6H3/t22?,23-/m0/s1. The van der Waals surface area contributed by atoms with Crippen LogP contribution in [0.5, 0.6) is 0 Å². The predicted octanol–water partition coefficient (Wildman–Crippen LogP) is 7.95. The van der Waals surface area contributed by atoms with Crippen LogP contribution in [0.3, 0.4) is 0 Å². The van der Waals surface area contributed by atoms with Gasteiger partial charge in [-0.25, -0.2) is 9.18 Å². The lowest BCUT2D eigenvalue weighted by Crippen LogP contribution is -2.52. The van der Waals surface area contributed by atoms with Crippen molar-refractivity contribution in [2.24, 2.45) is 0 Å². The first-order chi connectivity index (χ1) is 14.6. The molecule has 1 amide bonds. The minimum Gasteiger partial charge on any atom is -0.444 e. The molecule has 0 bridgehead atoms. The van der Waals surface area contributed by atoms with Crippen molar-refractivity contribution in [2.45, 2.75) is 142 Å². The maximum absolute atomic E-state index is 14.9. The number of rotatable bonds is 14. The first-order valence-corrected chi connectivity index (χ1v) is 12.6. The fraction of sp³-hybridized carbons (Fsp3) is 0.885. The number of carbonyl (C=O) groups excluding carboxylic acids is 1. The summed E-state index contributed by atoms with van der Waals surface area (Å²) >= 11 is 0. The van der Waals surface area contributed by atoms with Gasteiger partial charge in [-0.2, -0.15) is 0 Å². The molecule has 0 aromatic heterocycles. The molecule has 1 saturated heterocycles. The SMILES string of the molecule is CCCCCCCCCCCCCC=CC(F)[C@@H]1COC(C)(C)N1C(=O)OC(C)(C)C. The highest BCUT2D eigenvalue weighted by Crippen LogP contribution is 2.32. The van der Waals surface area contributed by atoms with Crippen LogP contribution in [0, 0.1) is 0 Å². The molecular formula is C26H48FNO3. The average Bonchev–Trinajstić information content (AvgIpc) is 2.99. The van der Waals surface area contributed by atoms with Gasteiger partial charge in [0.05, 0.1) is 12.6 Å². The highest BCUT2D eigenvalue weighted by Gasteiger charge is 2.48. The number of halogens is 1. The van der Waals surface area contributed by atoms with Crippen molar-refractivity contribution >= 4 is 6.09 Å². The lowest BCUT2D eigenvalue weighted by Gasteiger charge is -2.35. The van der Waals surface area contributed by atoms with E-state index in [0.717, 1.165) is 12.8 Å². The molecule has 0 spiro atoms. The maximum Gasteiger partial charge on any atom is 0.413 e. The van der Waals surface area contributed by atoms with Gasteiger partial charge in [0.25, 0.3) is 0 Å². The molecule has 0 aromatic carbocycles. The third kappa shape index (κ3) is 11.4. The number of allylic oxidation sites excluding steroid dienone is 1. The van der Waals surface area contributed by atoms with E-state index in [1.165, 1.54) is 69.1 Å². The summed E-state index contributed by atoms with van der Waals surface area (Å²) in [6.45, 7) is 11.4. The zero-order valence-electron chi connectivity index (χ0n) is 21.1. The fourth-order valence-corrected chi connectivity index (χ4v) is 4.01. The van der Waals surface area contributed by atoms with E-state index in [0.29, 0.717) is 0 Å². The summed E-state index contributed by atoms with van der Waals surface area (Å²) in [5, 5.41) is 0. The third-order valence-corrected chi connectivity index (χ3v) is 5.77. The molecule has 1 aliphatic heterocycles. The molecule has 0 N–H and O–H groups in total. The Morgan fingerprint density at radius 2 is 1.58 bits per heavy atom. The van der Waals surface area contributed by atoms with E-state index in [9.17, 15) is 9.18 Å². The Labute approximate surface area is 190 Å². The molecule has 1 fully saturated rings. The van der Waals surface area contributed by atoms with Gasteiger partial charge in [0.2, 0.25) is 0 Å². The van der Waals surface area contributed by atoms with Crippen molar-refractivity contribution in [3.8, 4) is 0 Å². The summed E-state index contributed by atoms with van der Waals surface area (Å²) in [6.07, 6.45) is 17.0. The summed E-state index contributed by atoms with van der Waals surface area (Å²) in [6, 6.07) is -0.654. The van der Waals surface area contributed by atoms with E-state index in [4.69, 9.17) is 9.47 Å². The Morgan fingerprint density at radius 3 is 2.10 bits per heavy atom. The summed E-state index contributed by atoms with van der Waals surface area (Å²) in [5.74, 6) is 0. The van der Waals surface area contributed by atoms with E-state index in [1.54, 1.807) is 19.9 Å². The minimum absolute atomic E-state index is 0.177. The molecule has 1 unspecified atom stereocenters. The molecule has 31 heavy (non-hydrogen) atoms. The van der Waals surface area contributed by atoms with E-state index in [2.05, 4.69) is 6.92 Å². The number of amides is 1. The number of alkyl halides is 1. The van der Waals surface area contributed by atoms with Gasteiger partial charge in [-0.3, -0.25) is 4.90 Å². The van der Waals surface area contributed by atoms with Gasteiger partial charge in [-0.1, -0.05) is 83.3 Å². The largest absolute Gasteiger partial charge is 0.444 e. The number of unbranched alkanes of at least 4 members (excludes halogenated alkanes) is 11. The normalized spacial score (nSPS) is 19.8. The van der Waals surface area contributed by atoms with Crippen molar-refractivity contribution < 1.29 is 18.7 Å². The highest BCUT2D eigenvalue weighted by atomic mass is 19.1. The van der Waals surface area contributed by atoms with Crippen molar-refractivity contribution in [1.82, 2.24) is 4.90 Å². The summed E-state index contributed by atoms with van der Waals surface area (Å²) in [7, 11) is 0. The smallest absolute Gasteiger partial charge is 0.413 e. The Morgan fingerprint density at radius 1 is 1.06 bits per heavy atom. The van der Waals surface area contributed by atoms with Crippen LogP contribution in [0.15, 0.2) is 12.2 Å². The zero-order valence-corrected chi connectivity index (χ0v) is 21.1. The molecule has 5 heteroatoms. The van der Waals surface area contributed by atoms with Gasteiger partial charge in [0.15, 0.2) is 0 Å². The van der Waals surface area contributed by atoms with Gasteiger partial charge in [0.1, 0.15) is 17.5 Å². The maximum atomic E-state index is 14.9. The summed E-state index contributed by atoms with van der Waals surface area (Å²) < 4.78 is 26.1. The van der Waals surface area contributed by atoms with E-state index in [-0.39, 0.29) is 6.61 Å². The average molecular weight is 442 g/mol. The lowest BCUT2D eigenvalue weighted by molar-refractivity contribution is -0.0643. The molecule has 1 heterocycles. The van der Waals surface area contributed by atoms with E-state index in [1.807, 2.05) is 26.8 Å². The van der Waals surface area contributed by atoms with Crippen molar-refractivity contribution in [3.63, 3.8) is 0 Å². The third-order valence-electron chi connectivity index (χ3n) is 5.77. The molecule has 0 radical (unpaired) electrons. The van der Waals surface area contributed by atoms with Crippen LogP contribution >= 0.6 is 0 Å². The van der Waals surface area contributed by atoms with E-state index < -0.39 is 29.6 Å². The van der Waals surface area contributed by atoms with Crippen LogP contribution in [0.1, 0.15) is 119 Å². The fourth-order valence-electron chi connectivity index (χ4n) is 4.01. The number of carbonyl (C=O) groups is 1. The van der Waals surface area contributed by atoms with E-state index >= 15 is 0 Å². The van der Waals surface area contributed by atoms with Crippen LogP contribution in [0.25, 0.3) is 0 Å². The van der Waals surface area contributed by atoms with Crippen LogP contribution in [-0.4, -0.2) is 41.1 Å². The zero-order chi connectivity index (χ0) is 23.3. The second-order valence-electron chi connectivity index (χ2n) is 10.4. The number of ether oxygens (including phenoxy) is 2. The highest BCUT2D eigenvalue weighted by molar-refractivity contribution is 5.70. The Kier molecular flexibility index (Phi) is 12.7. The van der Waals surface area contributed by atoms with Gasteiger partial charge in [-0.15, -0.1) is 0 Å². The Bertz CT molecular complexity index is 527. The second-order valence-corrected chi connectivity index (χ2v) is 10.4. The first kappa shape index (κ1) is 27.9. The number of hydrogen-bond acceptors (Lipinski definition) is 3. The number of nitrogens with zero attached hydrogens (tertiary/aromatic N) is 1. The molecule has 0 saturated carbocycles. The predicted molar refractivity (Wildman–Crippen MR) is 127 cm³/mol. The molecule has 0 aliphatic carbocycles. The Balaban J connectivity index is 2.26. The first-order valence-electron chi connectivity index (χ1n) is 12.6.